The van der Waals surface area contributed by atoms with Gasteiger partial charge >= 0.3 is 0 Å². The summed E-state index contributed by atoms with van der Waals surface area (Å²) in [5, 5.41) is 3.62. The molecule has 0 aliphatic rings. The summed E-state index contributed by atoms with van der Waals surface area (Å²) in [6.45, 7) is 4.37. The molecule has 4 aromatic rings. The number of hydrogen-bond acceptors (Lipinski definition) is 3. The van der Waals surface area contributed by atoms with Gasteiger partial charge in [-0.25, -0.2) is 4.98 Å². The van der Waals surface area contributed by atoms with Crippen LogP contribution in [0.25, 0.3) is 22.6 Å². The fourth-order valence-electron chi connectivity index (χ4n) is 3.18. The molecule has 0 saturated heterocycles. The lowest BCUT2D eigenvalue weighted by Crippen LogP contribution is -2.12. The second-order valence-corrected chi connectivity index (χ2v) is 8.05. The van der Waals surface area contributed by atoms with E-state index in [9.17, 15) is 4.79 Å². The Hall–Kier alpha value is -2.82. The van der Waals surface area contributed by atoms with Gasteiger partial charge in [0.05, 0.1) is 10.6 Å². The number of benzene rings is 3. The summed E-state index contributed by atoms with van der Waals surface area (Å²) in [7, 11) is 0. The summed E-state index contributed by atoms with van der Waals surface area (Å²) in [4.78, 5) is 17.1. The summed E-state index contributed by atoms with van der Waals surface area (Å²) < 4.78 is 5.91. The van der Waals surface area contributed by atoms with Gasteiger partial charge in [-0.2, -0.15) is 0 Å². The molecule has 4 nitrogen and oxygen atoms in total. The van der Waals surface area contributed by atoms with Crippen molar-refractivity contribution < 1.29 is 9.21 Å². The Morgan fingerprint density at radius 2 is 1.83 bits per heavy atom. The maximum atomic E-state index is 12.5. The highest BCUT2D eigenvalue weighted by Crippen LogP contribution is 2.29. The van der Waals surface area contributed by atoms with Gasteiger partial charge in [0.1, 0.15) is 5.52 Å². The molecular weight excluding hydrogens is 419 g/mol. The van der Waals surface area contributed by atoms with Crippen molar-refractivity contribution in [1.29, 1.82) is 0 Å². The first-order chi connectivity index (χ1) is 14.4. The zero-order valence-electron chi connectivity index (χ0n) is 16.6. The van der Waals surface area contributed by atoms with E-state index in [0.717, 1.165) is 23.1 Å². The van der Waals surface area contributed by atoms with Crippen LogP contribution in [0.2, 0.25) is 10.0 Å². The Bertz CT molecular complexity index is 1220. The smallest absolute Gasteiger partial charge is 0.257 e. The number of carbonyl (C=O) groups is 1. The molecule has 0 aliphatic heterocycles. The van der Waals surface area contributed by atoms with Crippen LogP contribution in [0.15, 0.2) is 65.1 Å². The Labute approximate surface area is 184 Å². The molecule has 6 heteroatoms. The number of aromatic nitrogens is 1. The second kappa shape index (κ2) is 8.50. The lowest BCUT2D eigenvalue weighted by molar-refractivity contribution is 0.102. The number of anilines is 1. The van der Waals surface area contributed by atoms with Gasteiger partial charge in [0, 0.05) is 16.3 Å². The molecule has 1 amide bonds. The van der Waals surface area contributed by atoms with Crippen molar-refractivity contribution in [3.05, 3.63) is 81.8 Å². The molecule has 0 spiro atoms. The van der Waals surface area contributed by atoms with Crippen LogP contribution in [0.1, 0.15) is 42.1 Å². The van der Waals surface area contributed by atoms with Gasteiger partial charge in [-0.15, -0.1) is 0 Å². The molecule has 4 rings (SSSR count). The highest BCUT2D eigenvalue weighted by molar-refractivity contribution is 6.37. The van der Waals surface area contributed by atoms with Crippen LogP contribution in [-0.2, 0) is 0 Å². The number of rotatable bonds is 5. The lowest BCUT2D eigenvalue weighted by atomic mass is 9.98. The number of hydrogen-bond donors (Lipinski definition) is 1. The maximum Gasteiger partial charge on any atom is 0.257 e. The highest BCUT2D eigenvalue weighted by atomic mass is 35.5. The van der Waals surface area contributed by atoms with Crippen LogP contribution < -0.4 is 5.32 Å². The maximum absolute atomic E-state index is 12.5. The minimum absolute atomic E-state index is 0.302. The van der Waals surface area contributed by atoms with E-state index in [4.69, 9.17) is 27.6 Å². The van der Waals surface area contributed by atoms with Crippen LogP contribution in [0.3, 0.4) is 0 Å². The molecule has 30 heavy (non-hydrogen) atoms. The van der Waals surface area contributed by atoms with E-state index in [1.165, 1.54) is 5.56 Å². The zero-order chi connectivity index (χ0) is 21.3. The lowest BCUT2D eigenvalue weighted by Gasteiger charge is -2.07. The number of carbonyl (C=O) groups excluding carboxylic acids is 1. The fraction of sp³-hybridized carbons (Fsp3) is 0.167. The van der Waals surface area contributed by atoms with E-state index in [1.807, 2.05) is 18.2 Å². The minimum atomic E-state index is -0.302. The molecule has 0 fully saturated rings. The summed E-state index contributed by atoms with van der Waals surface area (Å²) in [6, 6.07) is 18.2. The van der Waals surface area contributed by atoms with Gasteiger partial charge in [0.15, 0.2) is 5.58 Å². The van der Waals surface area contributed by atoms with Gasteiger partial charge in [-0.05, 0) is 72.5 Å². The SMILES string of the molecule is CCC(C)c1ccc2oc(-c3ccc(NC(=O)c4ccc(Cl)cc4Cl)cc3)nc2c1. The second-order valence-electron chi connectivity index (χ2n) is 7.21. The Morgan fingerprint density at radius 1 is 1.07 bits per heavy atom. The van der Waals surface area contributed by atoms with Crippen molar-refractivity contribution in [2.45, 2.75) is 26.2 Å². The monoisotopic (exact) mass is 438 g/mol. The van der Waals surface area contributed by atoms with Crippen molar-refractivity contribution >= 4 is 45.9 Å². The van der Waals surface area contributed by atoms with Crippen molar-refractivity contribution in [2.24, 2.45) is 0 Å². The summed E-state index contributed by atoms with van der Waals surface area (Å²) >= 11 is 12.0. The van der Waals surface area contributed by atoms with Crippen LogP contribution in [0.4, 0.5) is 5.69 Å². The minimum Gasteiger partial charge on any atom is -0.436 e. The van der Waals surface area contributed by atoms with E-state index < -0.39 is 0 Å². The average Bonchev–Trinajstić information content (AvgIpc) is 3.17. The average molecular weight is 439 g/mol. The Kier molecular flexibility index (Phi) is 5.80. The third-order valence-corrected chi connectivity index (χ3v) is 5.71. The first-order valence-electron chi connectivity index (χ1n) is 9.72. The van der Waals surface area contributed by atoms with Gasteiger partial charge in [-0.1, -0.05) is 43.1 Å². The molecule has 1 N–H and O–H groups in total. The third-order valence-electron chi connectivity index (χ3n) is 5.16. The largest absolute Gasteiger partial charge is 0.436 e. The van der Waals surface area contributed by atoms with E-state index in [0.29, 0.717) is 33.1 Å². The summed E-state index contributed by atoms with van der Waals surface area (Å²) in [5.41, 5.74) is 4.69. The van der Waals surface area contributed by atoms with Crippen LogP contribution >= 0.6 is 23.2 Å². The summed E-state index contributed by atoms with van der Waals surface area (Å²) in [6.07, 6.45) is 1.07. The van der Waals surface area contributed by atoms with Crippen LogP contribution in [0, 0.1) is 0 Å². The predicted octanol–water partition coefficient (Wildman–Crippen LogP) is 7.57. The van der Waals surface area contributed by atoms with E-state index >= 15 is 0 Å². The molecule has 1 atom stereocenters. The number of nitrogens with one attached hydrogen (secondary N) is 1. The standard InChI is InChI=1S/C24H20Cl2N2O2/c1-3-14(2)16-6-11-22-21(12-16)28-24(30-22)15-4-8-18(9-5-15)27-23(29)19-10-7-17(25)13-20(19)26/h4-14H,3H2,1-2H3,(H,27,29). The van der Waals surface area contributed by atoms with Crippen molar-refractivity contribution in [2.75, 3.05) is 5.32 Å². The quantitative estimate of drug-likeness (QED) is 0.349. The first kappa shape index (κ1) is 20.5. The molecule has 3 aromatic carbocycles. The van der Waals surface area contributed by atoms with Crippen molar-refractivity contribution in [3.8, 4) is 11.5 Å². The van der Waals surface area contributed by atoms with Gasteiger partial charge in [0.2, 0.25) is 5.89 Å². The molecule has 0 radical (unpaired) electrons. The number of nitrogens with zero attached hydrogens (tertiary/aromatic N) is 1. The number of oxazole rings is 1. The van der Waals surface area contributed by atoms with Crippen LogP contribution in [0.5, 0.6) is 0 Å². The number of halogens is 2. The molecule has 152 valence electrons. The molecule has 0 saturated carbocycles. The first-order valence-corrected chi connectivity index (χ1v) is 10.5. The predicted molar refractivity (Wildman–Crippen MR) is 123 cm³/mol. The molecular formula is C24H20Cl2N2O2. The van der Waals surface area contributed by atoms with Crippen LogP contribution in [-0.4, -0.2) is 10.9 Å². The van der Waals surface area contributed by atoms with E-state index in [-0.39, 0.29) is 5.91 Å². The number of amides is 1. The molecule has 0 aliphatic carbocycles. The Morgan fingerprint density at radius 3 is 2.53 bits per heavy atom. The van der Waals surface area contributed by atoms with Gasteiger partial charge in [0.25, 0.3) is 5.91 Å². The van der Waals surface area contributed by atoms with Gasteiger partial charge in [-0.3, -0.25) is 4.79 Å². The zero-order valence-corrected chi connectivity index (χ0v) is 18.1. The third kappa shape index (κ3) is 4.20. The summed E-state index contributed by atoms with van der Waals surface area (Å²) in [5.74, 6) is 0.723. The van der Waals surface area contributed by atoms with Crippen molar-refractivity contribution in [3.63, 3.8) is 0 Å². The normalized spacial score (nSPS) is 12.1. The Balaban J connectivity index is 1.53. The van der Waals surface area contributed by atoms with E-state index in [1.54, 1.807) is 30.3 Å². The molecule has 1 unspecified atom stereocenters. The highest BCUT2D eigenvalue weighted by Gasteiger charge is 2.13. The van der Waals surface area contributed by atoms with Gasteiger partial charge < -0.3 is 9.73 Å². The fourth-order valence-corrected chi connectivity index (χ4v) is 3.67. The van der Waals surface area contributed by atoms with E-state index in [2.05, 4.69) is 36.3 Å². The molecule has 1 heterocycles. The topological polar surface area (TPSA) is 55.1 Å². The van der Waals surface area contributed by atoms with Crippen molar-refractivity contribution in [1.82, 2.24) is 4.98 Å². The molecule has 1 aromatic heterocycles. The molecule has 0 bridgehead atoms. The number of fused-ring (bicyclic) bond motifs is 1.